The van der Waals surface area contributed by atoms with Gasteiger partial charge in [0.05, 0.1) is 19.1 Å². The van der Waals surface area contributed by atoms with Crippen LogP contribution in [-0.2, 0) is 14.2 Å². The van der Waals surface area contributed by atoms with Crippen molar-refractivity contribution in [2.45, 2.75) is 0 Å². The van der Waals surface area contributed by atoms with E-state index in [0.29, 0.717) is 0 Å². The molecule has 0 aliphatic carbocycles. The first-order chi connectivity index (χ1) is 5.81. The van der Waals surface area contributed by atoms with Gasteiger partial charge in [-0.15, -0.1) is 0 Å². The molecule has 8 nitrogen and oxygen atoms in total. The summed E-state index contributed by atoms with van der Waals surface area (Å²) in [5, 5.41) is 13.2. The van der Waals surface area contributed by atoms with Gasteiger partial charge in [0.2, 0.25) is 5.91 Å². The Hall–Kier alpha value is -0.353. The van der Waals surface area contributed by atoms with Crippen LogP contribution in [0, 0.1) is 0 Å². The van der Waals surface area contributed by atoms with Crippen LogP contribution in [0.1, 0.15) is 0 Å². The SMILES string of the molecule is O=C([O-])CNC(=O)CNP(=O)(O)O.[Li+]. The van der Waals surface area contributed by atoms with Crippen LogP contribution < -0.4 is 34.4 Å². The van der Waals surface area contributed by atoms with E-state index in [1.165, 1.54) is 0 Å². The summed E-state index contributed by atoms with van der Waals surface area (Å²) in [6.07, 6.45) is 0. The molecule has 0 heterocycles. The number of nitrogens with one attached hydrogen (secondary N) is 2. The Bertz CT molecular complexity index is 252. The number of rotatable bonds is 5. The summed E-state index contributed by atoms with van der Waals surface area (Å²) in [6.45, 7) is -1.35. The average molecular weight is 218 g/mol. The fraction of sp³-hybridized carbons (Fsp3) is 0.500. The molecule has 0 aromatic heterocycles. The molecular formula is C4H8LiN2O6P. The maximum atomic E-state index is 10.6. The van der Waals surface area contributed by atoms with E-state index in [2.05, 4.69) is 0 Å². The van der Waals surface area contributed by atoms with Crippen molar-refractivity contribution in [1.82, 2.24) is 10.4 Å². The third-order valence-corrected chi connectivity index (χ3v) is 1.45. The molecule has 1 amide bonds. The Balaban J connectivity index is 0. The number of carboxylic acids is 1. The van der Waals surface area contributed by atoms with Gasteiger partial charge in [-0.1, -0.05) is 0 Å². The summed E-state index contributed by atoms with van der Waals surface area (Å²) in [6, 6.07) is 0. The van der Waals surface area contributed by atoms with Crippen LogP contribution in [0.2, 0.25) is 0 Å². The Kier molecular flexibility index (Phi) is 8.05. The fourth-order valence-corrected chi connectivity index (χ4v) is 0.758. The van der Waals surface area contributed by atoms with Crippen molar-refractivity contribution in [3.05, 3.63) is 0 Å². The predicted octanol–water partition coefficient (Wildman–Crippen LogP) is -6.46. The first-order valence-electron chi connectivity index (χ1n) is 3.08. The maximum Gasteiger partial charge on any atom is 1.00 e. The standard InChI is InChI=1S/C4H9N2O6P.Li/c7-3(5-2-4(8)9)1-6-13(10,11)12;/h1-2H2,(H,5,7)(H,8,9)(H3,6,10,11,12);/q;+1/p-1. The van der Waals surface area contributed by atoms with E-state index < -0.39 is 32.7 Å². The van der Waals surface area contributed by atoms with E-state index >= 15 is 0 Å². The Morgan fingerprint density at radius 3 is 2.14 bits per heavy atom. The van der Waals surface area contributed by atoms with Gasteiger partial charge in [0.25, 0.3) is 0 Å². The van der Waals surface area contributed by atoms with Crippen molar-refractivity contribution in [3.8, 4) is 0 Å². The molecule has 4 N–H and O–H groups in total. The van der Waals surface area contributed by atoms with Gasteiger partial charge in [-0.3, -0.25) is 4.79 Å². The number of carbonyl (C=O) groups excluding carboxylic acids is 2. The molecule has 0 aromatic carbocycles. The van der Waals surface area contributed by atoms with Crippen LogP contribution in [0.15, 0.2) is 0 Å². The van der Waals surface area contributed by atoms with E-state index in [1.807, 2.05) is 5.32 Å². The topological polar surface area (TPSA) is 139 Å². The molecule has 0 bridgehead atoms. The molecule has 0 saturated carbocycles. The molecule has 0 aromatic rings. The molecule has 0 fully saturated rings. The number of hydrogen-bond donors (Lipinski definition) is 4. The molecule has 0 unspecified atom stereocenters. The van der Waals surface area contributed by atoms with Crippen LogP contribution in [0.3, 0.4) is 0 Å². The van der Waals surface area contributed by atoms with Gasteiger partial charge in [0, 0.05) is 0 Å². The molecule has 0 radical (unpaired) electrons. The number of amides is 1. The molecular weight excluding hydrogens is 210 g/mol. The monoisotopic (exact) mass is 218 g/mol. The Morgan fingerprint density at radius 2 is 1.79 bits per heavy atom. The molecule has 0 aliphatic heterocycles. The van der Waals surface area contributed by atoms with Crippen LogP contribution in [0.5, 0.6) is 0 Å². The summed E-state index contributed by atoms with van der Waals surface area (Å²) in [5.74, 6) is -2.32. The normalized spacial score (nSPS) is 10.1. The Labute approximate surface area is 91.5 Å². The van der Waals surface area contributed by atoms with Crippen molar-refractivity contribution in [3.63, 3.8) is 0 Å². The van der Waals surface area contributed by atoms with Gasteiger partial charge in [-0.25, -0.2) is 9.65 Å². The quantitative estimate of drug-likeness (QED) is 0.265. The minimum atomic E-state index is -4.44. The molecule has 14 heavy (non-hydrogen) atoms. The van der Waals surface area contributed by atoms with E-state index in [9.17, 15) is 19.3 Å². The average Bonchev–Trinajstić information content (AvgIpc) is 1.95. The first-order valence-corrected chi connectivity index (χ1v) is 4.70. The largest absolute Gasteiger partial charge is 1.00 e. The molecule has 76 valence electrons. The van der Waals surface area contributed by atoms with Crippen molar-refractivity contribution in [2.75, 3.05) is 13.1 Å². The molecule has 0 aliphatic rings. The van der Waals surface area contributed by atoms with Gasteiger partial charge < -0.3 is 25.0 Å². The summed E-state index contributed by atoms with van der Waals surface area (Å²) < 4.78 is 10.1. The van der Waals surface area contributed by atoms with Crippen molar-refractivity contribution in [2.24, 2.45) is 0 Å². The van der Waals surface area contributed by atoms with Crippen molar-refractivity contribution >= 4 is 19.6 Å². The molecule has 10 heteroatoms. The van der Waals surface area contributed by atoms with E-state index in [1.54, 1.807) is 5.09 Å². The summed E-state index contributed by atoms with van der Waals surface area (Å²) >= 11 is 0. The summed E-state index contributed by atoms with van der Waals surface area (Å²) in [4.78, 5) is 36.9. The van der Waals surface area contributed by atoms with E-state index in [0.717, 1.165) is 0 Å². The van der Waals surface area contributed by atoms with Gasteiger partial charge >= 0.3 is 26.6 Å². The predicted molar refractivity (Wildman–Crippen MR) is 38.1 cm³/mol. The third-order valence-electron chi connectivity index (χ3n) is 0.875. The maximum absolute atomic E-state index is 10.6. The second kappa shape index (κ2) is 7.01. The van der Waals surface area contributed by atoms with Crippen LogP contribution >= 0.6 is 7.75 Å². The molecule has 0 spiro atoms. The third kappa shape index (κ3) is 11.6. The van der Waals surface area contributed by atoms with Crippen molar-refractivity contribution in [1.29, 1.82) is 0 Å². The van der Waals surface area contributed by atoms with Crippen LogP contribution in [0.25, 0.3) is 0 Å². The van der Waals surface area contributed by atoms with Gasteiger partial charge in [-0.2, -0.15) is 0 Å². The van der Waals surface area contributed by atoms with Gasteiger partial charge in [0.15, 0.2) is 0 Å². The van der Waals surface area contributed by atoms with E-state index in [4.69, 9.17) is 9.79 Å². The summed E-state index contributed by atoms with van der Waals surface area (Å²) in [7, 11) is -4.44. The van der Waals surface area contributed by atoms with Crippen LogP contribution in [-0.4, -0.2) is 34.8 Å². The molecule has 0 rings (SSSR count). The van der Waals surface area contributed by atoms with E-state index in [-0.39, 0.29) is 18.9 Å². The van der Waals surface area contributed by atoms with Gasteiger partial charge in [0.1, 0.15) is 0 Å². The zero-order valence-corrected chi connectivity index (χ0v) is 8.28. The molecule has 0 atom stereocenters. The zero-order valence-electron chi connectivity index (χ0n) is 7.39. The Morgan fingerprint density at radius 1 is 1.29 bits per heavy atom. The number of carbonyl (C=O) groups is 2. The molecule has 0 saturated heterocycles. The number of hydrogen-bond acceptors (Lipinski definition) is 4. The number of carboxylic acid groups (broad SMARTS) is 1. The first kappa shape index (κ1) is 16.1. The summed E-state index contributed by atoms with van der Waals surface area (Å²) in [5.41, 5.74) is 0. The zero-order chi connectivity index (χ0) is 10.5. The second-order valence-corrected chi connectivity index (χ2v) is 3.43. The second-order valence-electron chi connectivity index (χ2n) is 2.03. The van der Waals surface area contributed by atoms with Crippen LogP contribution in [0.4, 0.5) is 0 Å². The fourth-order valence-electron chi connectivity index (χ4n) is 0.408. The number of aliphatic carboxylic acids is 1. The van der Waals surface area contributed by atoms with Crippen molar-refractivity contribution < 1.29 is 47.9 Å². The van der Waals surface area contributed by atoms with Gasteiger partial charge in [-0.05, 0) is 0 Å². The smallest absolute Gasteiger partial charge is 0.548 e. The minimum absolute atomic E-state index is 0. The minimum Gasteiger partial charge on any atom is -0.548 e.